The number of rotatable bonds is 5. The summed E-state index contributed by atoms with van der Waals surface area (Å²) < 4.78 is 5.09. The first kappa shape index (κ1) is 17.0. The lowest BCUT2D eigenvalue weighted by Gasteiger charge is -2.27. The van der Waals surface area contributed by atoms with Gasteiger partial charge < -0.3 is 14.7 Å². The molecule has 2 amide bonds. The van der Waals surface area contributed by atoms with E-state index in [0.29, 0.717) is 24.6 Å². The van der Waals surface area contributed by atoms with E-state index in [4.69, 9.17) is 4.52 Å². The lowest BCUT2D eigenvalue weighted by Crippen LogP contribution is -2.39. The van der Waals surface area contributed by atoms with Gasteiger partial charge in [0.25, 0.3) is 0 Å². The lowest BCUT2D eigenvalue weighted by molar-refractivity contribution is -0.128. The van der Waals surface area contributed by atoms with E-state index in [0.717, 1.165) is 17.8 Å². The number of hydrogen-bond acceptors (Lipinski definition) is 4. The minimum atomic E-state index is -0.0749. The molecular formula is C18H27N3O3. The minimum absolute atomic E-state index is 0.0679. The maximum atomic E-state index is 12.3. The van der Waals surface area contributed by atoms with Gasteiger partial charge in [-0.05, 0) is 32.6 Å². The lowest BCUT2D eigenvalue weighted by atomic mass is 9.89. The van der Waals surface area contributed by atoms with Crippen LogP contribution in [0.25, 0.3) is 0 Å². The van der Waals surface area contributed by atoms with E-state index >= 15 is 0 Å². The van der Waals surface area contributed by atoms with Crippen molar-refractivity contribution in [2.75, 3.05) is 13.1 Å². The van der Waals surface area contributed by atoms with Crippen molar-refractivity contribution < 1.29 is 14.1 Å². The largest absolute Gasteiger partial charge is 0.361 e. The van der Waals surface area contributed by atoms with Gasteiger partial charge in [-0.1, -0.05) is 24.4 Å². The number of amides is 2. The highest BCUT2D eigenvalue weighted by Gasteiger charge is 2.32. The average Bonchev–Trinajstić information content (AvgIpc) is 3.05. The normalized spacial score (nSPS) is 22.2. The molecule has 1 aromatic rings. The molecule has 0 bridgehead atoms. The third-order valence-corrected chi connectivity index (χ3v) is 5.30. The summed E-state index contributed by atoms with van der Waals surface area (Å²) in [5.41, 5.74) is 1.60. The SMILES string of the molecule is Cc1noc(C)c1CC(=O)NC1CC(=O)N(CC2CCCCC2)C1. The molecule has 1 aromatic heterocycles. The van der Waals surface area contributed by atoms with Crippen LogP contribution in [0.15, 0.2) is 4.52 Å². The van der Waals surface area contributed by atoms with Gasteiger partial charge in [0.05, 0.1) is 18.2 Å². The van der Waals surface area contributed by atoms with Gasteiger partial charge in [-0.3, -0.25) is 9.59 Å². The van der Waals surface area contributed by atoms with Crippen molar-refractivity contribution in [1.82, 2.24) is 15.4 Å². The Morgan fingerprint density at radius 2 is 2.04 bits per heavy atom. The minimum Gasteiger partial charge on any atom is -0.361 e. The van der Waals surface area contributed by atoms with Crippen LogP contribution >= 0.6 is 0 Å². The summed E-state index contributed by atoms with van der Waals surface area (Å²) in [6.07, 6.45) is 7.02. The molecule has 1 saturated heterocycles. The van der Waals surface area contributed by atoms with Crippen LogP contribution in [0.5, 0.6) is 0 Å². The van der Waals surface area contributed by atoms with Crippen LogP contribution in [-0.4, -0.2) is 41.0 Å². The molecule has 1 atom stereocenters. The van der Waals surface area contributed by atoms with Gasteiger partial charge >= 0.3 is 0 Å². The first-order chi connectivity index (χ1) is 11.5. The van der Waals surface area contributed by atoms with Gasteiger partial charge in [0.2, 0.25) is 11.8 Å². The van der Waals surface area contributed by atoms with Crippen molar-refractivity contribution in [3.63, 3.8) is 0 Å². The Bertz CT molecular complexity index is 585. The molecule has 0 aromatic carbocycles. The highest BCUT2D eigenvalue weighted by molar-refractivity contribution is 5.83. The second-order valence-electron chi connectivity index (χ2n) is 7.25. The highest BCUT2D eigenvalue weighted by Crippen LogP contribution is 2.26. The fourth-order valence-electron chi connectivity index (χ4n) is 3.92. The molecule has 1 unspecified atom stereocenters. The van der Waals surface area contributed by atoms with Crippen molar-refractivity contribution in [3.05, 3.63) is 17.0 Å². The molecular weight excluding hydrogens is 306 g/mol. The van der Waals surface area contributed by atoms with Crippen LogP contribution in [0.3, 0.4) is 0 Å². The Hall–Kier alpha value is -1.85. The first-order valence-electron chi connectivity index (χ1n) is 9.02. The van der Waals surface area contributed by atoms with Crippen LogP contribution in [0.1, 0.15) is 55.5 Å². The van der Waals surface area contributed by atoms with E-state index in [1.54, 1.807) is 0 Å². The number of nitrogens with one attached hydrogen (secondary N) is 1. The Kier molecular flexibility index (Phi) is 5.21. The number of aryl methyl sites for hydroxylation is 2. The van der Waals surface area contributed by atoms with Gasteiger partial charge in [0.1, 0.15) is 5.76 Å². The number of likely N-dealkylation sites (tertiary alicyclic amines) is 1. The summed E-state index contributed by atoms with van der Waals surface area (Å²) in [4.78, 5) is 26.4. The Balaban J connectivity index is 1.49. The van der Waals surface area contributed by atoms with E-state index in [9.17, 15) is 9.59 Å². The van der Waals surface area contributed by atoms with Gasteiger partial charge in [0, 0.05) is 25.1 Å². The molecule has 0 spiro atoms. The maximum Gasteiger partial charge on any atom is 0.224 e. The second kappa shape index (κ2) is 7.36. The quantitative estimate of drug-likeness (QED) is 0.896. The summed E-state index contributed by atoms with van der Waals surface area (Å²) in [6.45, 7) is 5.15. The molecule has 1 saturated carbocycles. The molecule has 132 valence electrons. The zero-order chi connectivity index (χ0) is 17.1. The number of carbonyl (C=O) groups is 2. The van der Waals surface area contributed by atoms with E-state index in [-0.39, 0.29) is 24.3 Å². The van der Waals surface area contributed by atoms with Crippen LogP contribution in [0.2, 0.25) is 0 Å². The van der Waals surface area contributed by atoms with Crippen molar-refractivity contribution in [2.45, 2.75) is 64.8 Å². The van der Waals surface area contributed by atoms with Crippen molar-refractivity contribution >= 4 is 11.8 Å². The third kappa shape index (κ3) is 3.97. The van der Waals surface area contributed by atoms with Gasteiger partial charge in [-0.25, -0.2) is 0 Å². The maximum absolute atomic E-state index is 12.3. The molecule has 24 heavy (non-hydrogen) atoms. The summed E-state index contributed by atoms with van der Waals surface area (Å²) in [6, 6.07) is -0.0749. The summed E-state index contributed by atoms with van der Waals surface area (Å²) in [7, 11) is 0. The Morgan fingerprint density at radius 1 is 1.29 bits per heavy atom. The molecule has 1 aliphatic carbocycles. The fraction of sp³-hybridized carbons (Fsp3) is 0.722. The molecule has 2 fully saturated rings. The van der Waals surface area contributed by atoms with Gasteiger partial charge in [-0.2, -0.15) is 0 Å². The van der Waals surface area contributed by atoms with Crippen molar-refractivity contribution in [2.24, 2.45) is 5.92 Å². The van der Waals surface area contributed by atoms with E-state index < -0.39 is 0 Å². The highest BCUT2D eigenvalue weighted by atomic mass is 16.5. The fourth-order valence-corrected chi connectivity index (χ4v) is 3.92. The van der Waals surface area contributed by atoms with Crippen molar-refractivity contribution in [3.8, 4) is 0 Å². The van der Waals surface area contributed by atoms with Gasteiger partial charge in [-0.15, -0.1) is 0 Å². The third-order valence-electron chi connectivity index (χ3n) is 5.30. The van der Waals surface area contributed by atoms with E-state index in [1.165, 1.54) is 32.1 Å². The molecule has 2 heterocycles. The van der Waals surface area contributed by atoms with Crippen LogP contribution in [-0.2, 0) is 16.0 Å². The predicted molar refractivity (Wildman–Crippen MR) is 89.4 cm³/mol. The van der Waals surface area contributed by atoms with Gasteiger partial charge in [0.15, 0.2) is 0 Å². The molecule has 0 radical (unpaired) electrons. The molecule has 3 rings (SSSR count). The van der Waals surface area contributed by atoms with Crippen LogP contribution in [0, 0.1) is 19.8 Å². The average molecular weight is 333 g/mol. The van der Waals surface area contributed by atoms with Crippen LogP contribution in [0.4, 0.5) is 0 Å². The number of hydrogen-bond donors (Lipinski definition) is 1. The van der Waals surface area contributed by atoms with E-state index in [1.807, 2.05) is 18.7 Å². The number of nitrogens with zero attached hydrogens (tertiary/aromatic N) is 2. The monoisotopic (exact) mass is 333 g/mol. The molecule has 6 heteroatoms. The summed E-state index contributed by atoms with van der Waals surface area (Å²) in [5, 5.41) is 6.87. The number of aromatic nitrogens is 1. The summed E-state index contributed by atoms with van der Waals surface area (Å²) >= 11 is 0. The predicted octanol–water partition coefficient (Wildman–Crippen LogP) is 2.13. The number of carbonyl (C=O) groups excluding carboxylic acids is 2. The van der Waals surface area contributed by atoms with E-state index in [2.05, 4.69) is 10.5 Å². The zero-order valence-electron chi connectivity index (χ0n) is 14.6. The topological polar surface area (TPSA) is 75.4 Å². The smallest absolute Gasteiger partial charge is 0.224 e. The molecule has 2 aliphatic rings. The summed E-state index contributed by atoms with van der Waals surface area (Å²) in [5.74, 6) is 1.42. The standard InChI is InChI=1S/C18H27N3O3/c1-12-16(13(2)24-20-12)9-17(22)19-15-8-18(23)21(11-15)10-14-6-4-3-5-7-14/h14-15H,3-11H2,1-2H3,(H,19,22). The first-order valence-corrected chi connectivity index (χ1v) is 9.02. The molecule has 1 aliphatic heterocycles. The van der Waals surface area contributed by atoms with Crippen LogP contribution < -0.4 is 5.32 Å². The Morgan fingerprint density at radius 3 is 2.71 bits per heavy atom. The Labute approximate surface area is 142 Å². The molecule has 6 nitrogen and oxygen atoms in total. The van der Waals surface area contributed by atoms with Crippen molar-refractivity contribution in [1.29, 1.82) is 0 Å². The molecule has 1 N–H and O–H groups in total. The zero-order valence-corrected chi connectivity index (χ0v) is 14.6. The second-order valence-corrected chi connectivity index (χ2v) is 7.25.